The minimum Gasteiger partial charge on any atom is -0.361 e. The highest BCUT2D eigenvalue weighted by molar-refractivity contribution is 5.92. The second-order valence-electron chi connectivity index (χ2n) is 9.34. The summed E-state index contributed by atoms with van der Waals surface area (Å²) in [7, 11) is 0. The van der Waals surface area contributed by atoms with Crippen LogP contribution in [0.2, 0.25) is 0 Å². The van der Waals surface area contributed by atoms with Crippen LogP contribution >= 0.6 is 0 Å². The van der Waals surface area contributed by atoms with Gasteiger partial charge in [-0.3, -0.25) is 4.79 Å². The number of alkyl halides is 3. The maximum Gasteiger partial charge on any atom is 0.416 e. The van der Waals surface area contributed by atoms with Crippen LogP contribution in [-0.4, -0.2) is 46.4 Å². The molecule has 0 radical (unpaired) electrons. The fourth-order valence-corrected chi connectivity index (χ4v) is 4.45. The van der Waals surface area contributed by atoms with Crippen LogP contribution in [-0.2, 0) is 23.9 Å². The Bertz CT molecular complexity index is 1400. The molecule has 0 spiro atoms. The molecule has 39 heavy (non-hydrogen) atoms. The number of nitrogens with zero attached hydrogens (tertiary/aromatic N) is 2. The van der Waals surface area contributed by atoms with E-state index in [9.17, 15) is 22.8 Å². The fourth-order valence-electron chi connectivity index (χ4n) is 4.45. The number of fused-ring (bicyclic) bond motifs is 1. The van der Waals surface area contributed by atoms with Crippen LogP contribution in [0.5, 0.6) is 0 Å². The van der Waals surface area contributed by atoms with E-state index >= 15 is 0 Å². The molecular formula is C30H31F3N4O2. The van der Waals surface area contributed by atoms with E-state index in [1.54, 1.807) is 4.90 Å². The number of hydrogen-bond donors (Lipinski definition) is 2. The van der Waals surface area contributed by atoms with E-state index in [0.717, 1.165) is 34.2 Å². The van der Waals surface area contributed by atoms with E-state index in [1.807, 2.05) is 67.7 Å². The summed E-state index contributed by atoms with van der Waals surface area (Å²) < 4.78 is 39.3. The van der Waals surface area contributed by atoms with Crippen molar-refractivity contribution in [3.8, 4) is 0 Å². The Morgan fingerprint density at radius 1 is 0.897 bits per heavy atom. The average Bonchev–Trinajstić information content (AvgIpc) is 3.34. The molecule has 0 aliphatic heterocycles. The Morgan fingerprint density at radius 3 is 2.38 bits per heavy atom. The third-order valence-electron chi connectivity index (χ3n) is 6.44. The quantitative estimate of drug-likeness (QED) is 0.237. The van der Waals surface area contributed by atoms with Crippen molar-refractivity contribution in [1.82, 2.24) is 14.8 Å². The molecule has 0 saturated heterocycles. The summed E-state index contributed by atoms with van der Waals surface area (Å²) in [6, 6.07) is 21.4. The summed E-state index contributed by atoms with van der Waals surface area (Å²) in [5, 5.41) is 3.62. The highest BCUT2D eigenvalue weighted by Gasteiger charge is 2.30. The first-order chi connectivity index (χ1) is 18.7. The lowest BCUT2D eigenvalue weighted by molar-refractivity contribution is -0.137. The normalized spacial score (nSPS) is 11.4. The van der Waals surface area contributed by atoms with Crippen LogP contribution in [0, 0.1) is 0 Å². The summed E-state index contributed by atoms with van der Waals surface area (Å²) in [6.45, 7) is 2.76. The summed E-state index contributed by atoms with van der Waals surface area (Å²) in [6.07, 6.45) is -1.38. The number of H-pyrrole nitrogens is 1. The number of rotatable bonds is 10. The molecule has 0 bridgehead atoms. The lowest BCUT2D eigenvalue weighted by atomic mass is 10.1. The molecule has 0 fully saturated rings. The van der Waals surface area contributed by atoms with Crippen molar-refractivity contribution in [2.75, 3.05) is 25.0 Å². The molecule has 1 aromatic heterocycles. The van der Waals surface area contributed by atoms with Gasteiger partial charge in [0.25, 0.3) is 0 Å². The van der Waals surface area contributed by atoms with Gasteiger partial charge in [-0.25, -0.2) is 4.79 Å². The third-order valence-corrected chi connectivity index (χ3v) is 6.44. The van der Waals surface area contributed by atoms with Crippen LogP contribution < -0.4 is 5.32 Å². The van der Waals surface area contributed by atoms with Gasteiger partial charge in [0.2, 0.25) is 5.91 Å². The predicted molar refractivity (Wildman–Crippen MR) is 146 cm³/mol. The summed E-state index contributed by atoms with van der Waals surface area (Å²) in [5.74, 6) is -0.244. The van der Waals surface area contributed by atoms with E-state index in [0.29, 0.717) is 25.9 Å². The van der Waals surface area contributed by atoms with E-state index in [4.69, 9.17) is 0 Å². The molecule has 4 rings (SSSR count). The highest BCUT2D eigenvalue weighted by atomic mass is 19.4. The van der Waals surface area contributed by atoms with Crippen molar-refractivity contribution in [2.24, 2.45) is 0 Å². The van der Waals surface area contributed by atoms with E-state index in [2.05, 4.69) is 10.3 Å². The topological polar surface area (TPSA) is 68.4 Å². The molecule has 4 aromatic rings. The number of nitrogens with one attached hydrogen (secondary N) is 2. The summed E-state index contributed by atoms with van der Waals surface area (Å²) in [4.78, 5) is 32.9. The van der Waals surface area contributed by atoms with Crippen molar-refractivity contribution in [2.45, 2.75) is 32.5 Å². The first-order valence-corrected chi connectivity index (χ1v) is 12.8. The van der Waals surface area contributed by atoms with Gasteiger partial charge in [-0.2, -0.15) is 13.2 Å². The zero-order valence-corrected chi connectivity index (χ0v) is 21.7. The zero-order valence-electron chi connectivity index (χ0n) is 21.7. The molecular weight excluding hydrogens is 505 g/mol. The lowest BCUT2D eigenvalue weighted by Crippen LogP contribution is -2.45. The number of amides is 3. The van der Waals surface area contributed by atoms with Gasteiger partial charge in [0, 0.05) is 42.4 Å². The summed E-state index contributed by atoms with van der Waals surface area (Å²) >= 11 is 0. The maximum atomic E-state index is 13.5. The van der Waals surface area contributed by atoms with Crippen LogP contribution in [0.4, 0.5) is 23.7 Å². The molecule has 2 N–H and O–H groups in total. The number of carbonyl (C=O) groups excluding carboxylic acids is 2. The van der Waals surface area contributed by atoms with Crippen LogP contribution in [0.3, 0.4) is 0 Å². The second kappa shape index (κ2) is 12.5. The van der Waals surface area contributed by atoms with Crippen LogP contribution in [0.25, 0.3) is 10.9 Å². The highest BCUT2D eigenvalue weighted by Crippen LogP contribution is 2.30. The van der Waals surface area contributed by atoms with Gasteiger partial charge in [-0.15, -0.1) is 0 Å². The van der Waals surface area contributed by atoms with Gasteiger partial charge >= 0.3 is 12.2 Å². The number of anilines is 1. The van der Waals surface area contributed by atoms with Crippen molar-refractivity contribution in [3.63, 3.8) is 0 Å². The second-order valence-corrected chi connectivity index (χ2v) is 9.34. The maximum absolute atomic E-state index is 13.5. The fraction of sp³-hybridized carbons (Fsp3) is 0.267. The smallest absolute Gasteiger partial charge is 0.361 e. The Labute approximate surface area is 225 Å². The first kappa shape index (κ1) is 27.8. The number of aromatic nitrogens is 1. The number of urea groups is 1. The zero-order chi connectivity index (χ0) is 27.8. The molecule has 9 heteroatoms. The van der Waals surface area contributed by atoms with Gasteiger partial charge in [-0.05, 0) is 48.2 Å². The van der Waals surface area contributed by atoms with Crippen molar-refractivity contribution >= 4 is 28.5 Å². The molecule has 0 saturated carbocycles. The van der Waals surface area contributed by atoms with Gasteiger partial charge in [0.05, 0.1) is 5.56 Å². The Morgan fingerprint density at radius 2 is 1.64 bits per heavy atom. The number of benzene rings is 3. The van der Waals surface area contributed by atoms with E-state index < -0.39 is 17.8 Å². The van der Waals surface area contributed by atoms with Crippen LogP contribution in [0.15, 0.2) is 85.1 Å². The molecule has 204 valence electrons. The molecule has 1 heterocycles. The molecule has 6 nitrogen and oxygen atoms in total. The minimum absolute atomic E-state index is 0.0175. The van der Waals surface area contributed by atoms with Gasteiger partial charge in [0.1, 0.15) is 6.54 Å². The Kier molecular flexibility index (Phi) is 8.91. The number of para-hydroxylation sites is 1. The van der Waals surface area contributed by atoms with Crippen LogP contribution in [0.1, 0.15) is 30.0 Å². The average molecular weight is 537 g/mol. The molecule has 3 amide bonds. The monoisotopic (exact) mass is 536 g/mol. The largest absolute Gasteiger partial charge is 0.416 e. The SMILES string of the molecule is CCCN(CC(=O)N(CCc1c[nH]c2ccccc12)Cc1ccccc1)C(=O)Nc1cccc(C(F)(F)F)c1. The minimum atomic E-state index is -4.53. The first-order valence-electron chi connectivity index (χ1n) is 12.8. The van der Waals surface area contributed by atoms with Crippen molar-refractivity contribution < 1.29 is 22.8 Å². The lowest BCUT2D eigenvalue weighted by Gasteiger charge is -2.28. The van der Waals surface area contributed by atoms with Gasteiger partial charge < -0.3 is 20.1 Å². The Balaban J connectivity index is 1.49. The molecule has 3 aromatic carbocycles. The van der Waals surface area contributed by atoms with E-state index in [-0.39, 0.29) is 24.7 Å². The standard InChI is InChI=1S/C30H31F3N4O2/c1-2-16-37(29(39)35-25-12-8-11-24(18-25)30(31,32)33)21-28(38)36(20-22-9-4-3-5-10-22)17-15-23-19-34-27-14-7-6-13-26(23)27/h3-14,18-19,34H,2,15-17,20-21H2,1H3,(H,35,39). The van der Waals surface area contributed by atoms with Crippen molar-refractivity contribution in [3.05, 3.63) is 102 Å². The molecule has 0 atom stereocenters. The number of hydrogen-bond acceptors (Lipinski definition) is 2. The molecule has 0 aliphatic carbocycles. The number of carbonyl (C=O) groups is 2. The number of halogens is 3. The molecule has 0 aliphatic rings. The molecule has 0 unspecified atom stereocenters. The Hall–Kier alpha value is -4.27. The van der Waals surface area contributed by atoms with Crippen molar-refractivity contribution in [1.29, 1.82) is 0 Å². The van der Waals surface area contributed by atoms with E-state index in [1.165, 1.54) is 17.0 Å². The summed E-state index contributed by atoms with van der Waals surface area (Å²) in [5.41, 5.74) is 2.23. The number of aromatic amines is 1. The predicted octanol–water partition coefficient (Wildman–Crippen LogP) is 6.70. The third kappa shape index (κ3) is 7.40. The van der Waals surface area contributed by atoms with Gasteiger partial charge in [0.15, 0.2) is 0 Å². The van der Waals surface area contributed by atoms with Gasteiger partial charge in [-0.1, -0.05) is 61.5 Å².